The number of aromatic nitrogens is 2. The van der Waals surface area contributed by atoms with Gasteiger partial charge in [0.25, 0.3) is 0 Å². The van der Waals surface area contributed by atoms with Crippen molar-refractivity contribution in [2.24, 2.45) is 0 Å². The first-order chi connectivity index (χ1) is 9.63. The van der Waals surface area contributed by atoms with Gasteiger partial charge < -0.3 is 0 Å². The summed E-state index contributed by atoms with van der Waals surface area (Å²) in [5, 5.41) is 14.4. The lowest BCUT2D eigenvalue weighted by atomic mass is 10.0. The SMILES string of the molecule is O=C(Cn1cc([N+](=O)[O-])cn1)c1ccc2c(c1)CCC2. The molecule has 0 unspecified atom stereocenters. The standard InChI is InChI=1S/C14H13N3O3/c18-14(9-16-8-13(7-15-16)17(19)20)12-5-4-10-2-1-3-11(10)6-12/h4-8H,1-3,9H2. The van der Waals surface area contributed by atoms with Crippen LogP contribution in [0.3, 0.4) is 0 Å². The van der Waals surface area contributed by atoms with E-state index in [2.05, 4.69) is 5.10 Å². The van der Waals surface area contributed by atoms with E-state index in [0.717, 1.165) is 25.5 Å². The number of carbonyl (C=O) groups excluding carboxylic acids is 1. The molecule has 0 radical (unpaired) electrons. The molecule has 0 atom stereocenters. The maximum atomic E-state index is 12.2. The molecule has 2 aromatic rings. The molecule has 1 aromatic carbocycles. The lowest BCUT2D eigenvalue weighted by Crippen LogP contribution is -2.11. The van der Waals surface area contributed by atoms with Gasteiger partial charge in [0.05, 0.1) is 4.92 Å². The Labute approximate surface area is 115 Å². The number of fused-ring (bicyclic) bond motifs is 1. The van der Waals surface area contributed by atoms with Crippen LogP contribution in [0, 0.1) is 10.1 Å². The fraction of sp³-hybridized carbons (Fsp3) is 0.286. The van der Waals surface area contributed by atoms with Crippen molar-refractivity contribution in [1.82, 2.24) is 9.78 Å². The molecule has 0 fully saturated rings. The monoisotopic (exact) mass is 271 g/mol. The van der Waals surface area contributed by atoms with Crippen LogP contribution < -0.4 is 0 Å². The van der Waals surface area contributed by atoms with E-state index in [9.17, 15) is 14.9 Å². The summed E-state index contributed by atoms with van der Waals surface area (Å²) in [4.78, 5) is 22.2. The fourth-order valence-electron chi connectivity index (χ4n) is 2.52. The van der Waals surface area contributed by atoms with E-state index < -0.39 is 4.92 Å². The highest BCUT2D eigenvalue weighted by atomic mass is 16.6. The summed E-state index contributed by atoms with van der Waals surface area (Å²) in [5.41, 5.74) is 3.09. The number of ketones is 1. The highest BCUT2D eigenvalue weighted by Crippen LogP contribution is 2.23. The van der Waals surface area contributed by atoms with Crippen molar-refractivity contribution in [3.8, 4) is 0 Å². The van der Waals surface area contributed by atoms with Crippen LogP contribution in [-0.4, -0.2) is 20.5 Å². The predicted molar refractivity (Wildman–Crippen MR) is 71.7 cm³/mol. The Morgan fingerprint density at radius 2 is 2.15 bits per heavy atom. The van der Waals surface area contributed by atoms with Crippen LogP contribution in [0.2, 0.25) is 0 Å². The van der Waals surface area contributed by atoms with Gasteiger partial charge in [0, 0.05) is 5.56 Å². The van der Waals surface area contributed by atoms with Gasteiger partial charge in [0.15, 0.2) is 5.78 Å². The summed E-state index contributed by atoms with van der Waals surface area (Å²) in [6.45, 7) is 0.0205. The zero-order valence-electron chi connectivity index (χ0n) is 10.8. The number of Topliss-reactive ketones (excluding diaryl/α,β-unsaturated/α-hetero) is 1. The topological polar surface area (TPSA) is 78.0 Å². The molecular formula is C14H13N3O3. The number of aryl methyl sites for hydroxylation is 2. The van der Waals surface area contributed by atoms with E-state index in [4.69, 9.17) is 0 Å². The second-order valence-electron chi connectivity index (χ2n) is 4.91. The molecule has 3 rings (SSSR count). The second-order valence-corrected chi connectivity index (χ2v) is 4.91. The van der Waals surface area contributed by atoms with Gasteiger partial charge in [-0.1, -0.05) is 12.1 Å². The predicted octanol–water partition coefficient (Wildman–Crippen LogP) is 2.16. The number of nitrogens with zero attached hydrogens (tertiary/aromatic N) is 3. The molecule has 1 aliphatic rings. The Bertz CT molecular complexity index is 691. The second kappa shape index (κ2) is 4.88. The Kier molecular flexibility index (Phi) is 3.06. The van der Waals surface area contributed by atoms with Crippen LogP contribution in [-0.2, 0) is 19.4 Å². The summed E-state index contributed by atoms with van der Waals surface area (Å²) >= 11 is 0. The third kappa shape index (κ3) is 2.32. The average Bonchev–Trinajstić information content (AvgIpc) is 3.05. The van der Waals surface area contributed by atoms with E-state index in [1.165, 1.54) is 22.0 Å². The summed E-state index contributed by atoms with van der Waals surface area (Å²) < 4.78 is 1.30. The molecule has 0 amide bonds. The van der Waals surface area contributed by atoms with E-state index in [1.54, 1.807) is 0 Å². The van der Waals surface area contributed by atoms with Crippen LogP contribution in [0.4, 0.5) is 5.69 Å². The van der Waals surface area contributed by atoms with Crippen molar-refractivity contribution >= 4 is 11.5 Å². The number of rotatable bonds is 4. The van der Waals surface area contributed by atoms with Crippen molar-refractivity contribution in [2.75, 3.05) is 0 Å². The summed E-state index contributed by atoms with van der Waals surface area (Å²) in [5.74, 6) is -0.0855. The van der Waals surface area contributed by atoms with Gasteiger partial charge in [0.1, 0.15) is 18.9 Å². The van der Waals surface area contributed by atoms with Crippen molar-refractivity contribution in [3.05, 3.63) is 57.4 Å². The van der Waals surface area contributed by atoms with Crippen LogP contribution in [0.5, 0.6) is 0 Å². The normalized spacial score (nSPS) is 13.2. The molecule has 0 spiro atoms. The lowest BCUT2D eigenvalue weighted by molar-refractivity contribution is -0.385. The summed E-state index contributed by atoms with van der Waals surface area (Å²) in [6, 6.07) is 5.76. The van der Waals surface area contributed by atoms with E-state index >= 15 is 0 Å². The lowest BCUT2D eigenvalue weighted by Gasteiger charge is -2.04. The third-order valence-corrected chi connectivity index (χ3v) is 3.56. The fourth-order valence-corrected chi connectivity index (χ4v) is 2.52. The van der Waals surface area contributed by atoms with Crippen LogP contribution in [0.15, 0.2) is 30.6 Å². The molecular weight excluding hydrogens is 258 g/mol. The van der Waals surface area contributed by atoms with E-state index in [0.29, 0.717) is 5.56 Å². The van der Waals surface area contributed by atoms with Gasteiger partial charge >= 0.3 is 5.69 Å². The van der Waals surface area contributed by atoms with Gasteiger partial charge in [-0.05, 0) is 36.5 Å². The highest BCUT2D eigenvalue weighted by molar-refractivity contribution is 5.96. The maximum Gasteiger partial charge on any atom is 0.307 e. The minimum atomic E-state index is -0.524. The van der Waals surface area contributed by atoms with Gasteiger partial charge in [-0.3, -0.25) is 19.6 Å². The minimum absolute atomic E-state index is 0.0205. The van der Waals surface area contributed by atoms with Crippen molar-refractivity contribution in [3.63, 3.8) is 0 Å². The molecule has 20 heavy (non-hydrogen) atoms. The molecule has 1 aliphatic carbocycles. The zero-order chi connectivity index (χ0) is 14.1. The molecule has 102 valence electrons. The number of hydrogen-bond donors (Lipinski definition) is 0. The molecule has 0 N–H and O–H groups in total. The van der Waals surface area contributed by atoms with Gasteiger partial charge in [0.2, 0.25) is 0 Å². The molecule has 6 heteroatoms. The summed E-state index contributed by atoms with van der Waals surface area (Å²) in [7, 11) is 0. The Morgan fingerprint density at radius 1 is 1.35 bits per heavy atom. The van der Waals surface area contributed by atoms with Crippen molar-refractivity contribution in [2.45, 2.75) is 25.8 Å². The Morgan fingerprint density at radius 3 is 2.90 bits per heavy atom. The number of hydrogen-bond acceptors (Lipinski definition) is 4. The smallest absolute Gasteiger partial charge is 0.292 e. The first kappa shape index (κ1) is 12.5. The van der Waals surface area contributed by atoms with Crippen LogP contribution in [0.25, 0.3) is 0 Å². The Balaban J connectivity index is 1.77. The highest BCUT2D eigenvalue weighted by Gasteiger charge is 2.15. The van der Waals surface area contributed by atoms with Crippen molar-refractivity contribution in [1.29, 1.82) is 0 Å². The average molecular weight is 271 g/mol. The molecule has 0 saturated heterocycles. The number of carbonyl (C=O) groups is 1. The molecule has 1 heterocycles. The van der Waals surface area contributed by atoms with Gasteiger partial charge in [-0.15, -0.1) is 0 Å². The molecule has 0 aliphatic heterocycles. The number of benzene rings is 1. The number of nitro groups is 1. The largest absolute Gasteiger partial charge is 0.307 e. The molecule has 1 aromatic heterocycles. The molecule has 6 nitrogen and oxygen atoms in total. The van der Waals surface area contributed by atoms with Crippen LogP contribution in [0.1, 0.15) is 27.9 Å². The van der Waals surface area contributed by atoms with E-state index in [-0.39, 0.29) is 18.0 Å². The minimum Gasteiger partial charge on any atom is -0.292 e. The quantitative estimate of drug-likeness (QED) is 0.485. The maximum absolute atomic E-state index is 12.2. The third-order valence-electron chi connectivity index (χ3n) is 3.56. The summed E-state index contributed by atoms with van der Waals surface area (Å²) in [6.07, 6.45) is 5.65. The van der Waals surface area contributed by atoms with E-state index in [1.807, 2.05) is 18.2 Å². The zero-order valence-corrected chi connectivity index (χ0v) is 10.8. The molecule has 0 bridgehead atoms. The molecule has 0 saturated carbocycles. The van der Waals surface area contributed by atoms with Crippen LogP contribution >= 0.6 is 0 Å². The first-order valence-corrected chi connectivity index (χ1v) is 6.45. The Hall–Kier alpha value is -2.50. The van der Waals surface area contributed by atoms with Gasteiger partial charge in [-0.2, -0.15) is 5.10 Å². The van der Waals surface area contributed by atoms with Gasteiger partial charge in [-0.25, -0.2) is 0 Å². The first-order valence-electron chi connectivity index (χ1n) is 6.45. The van der Waals surface area contributed by atoms with Crippen molar-refractivity contribution < 1.29 is 9.72 Å².